The van der Waals surface area contributed by atoms with Crippen LogP contribution < -0.4 is 10.1 Å². The van der Waals surface area contributed by atoms with Crippen molar-refractivity contribution in [3.05, 3.63) is 64.5 Å². The van der Waals surface area contributed by atoms with Crippen LogP contribution in [-0.4, -0.2) is 32.3 Å². The highest BCUT2D eigenvalue weighted by Crippen LogP contribution is 2.33. The Balaban J connectivity index is 1.62. The molecule has 27 heavy (non-hydrogen) atoms. The molecule has 1 amide bonds. The zero-order chi connectivity index (χ0) is 19.4. The topological polar surface area (TPSA) is 47.6 Å². The van der Waals surface area contributed by atoms with Crippen molar-refractivity contribution >= 4 is 5.91 Å². The van der Waals surface area contributed by atoms with Crippen molar-refractivity contribution in [2.75, 3.05) is 26.4 Å². The minimum absolute atomic E-state index is 0.0362. The number of ether oxygens (including phenoxy) is 2. The maximum Gasteiger partial charge on any atom is 0.257 e. The van der Waals surface area contributed by atoms with E-state index in [2.05, 4.69) is 5.32 Å². The summed E-state index contributed by atoms with van der Waals surface area (Å²) in [4.78, 5) is 12.4. The first kappa shape index (κ1) is 19.4. The highest BCUT2D eigenvalue weighted by Gasteiger charge is 2.37. The lowest BCUT2D eigenvalue weighted by Gasteiger charge is -2.28. The van der Waals surface area contributed by atoms with Gasteiger partial charge in [0.15, 0.2) is 6.61 Å². The summed E-state index contributed by atoms with van der Waals surface area (Å²) in [6.45, 7) is 7.53. The number of nitrogens with one attached hydrogen (secondary N) is 1. The van der Waals surface area contributed by atoms with E-state index in [1.54, 1.807) is 12.1 Å². The molecule has 1 saturated heterocycles. The molecule has 0 bridgehead atoms. The van der Waals surface area contributed by atoms with Gasteiger partial charge in [-0.15, -0.1) is 0 Å². The van der Waals surface area contributed by atoms with Gasteiger partial charge in [-0.05, 0) is 61.6 Å². The molecule has 1 atom stereocenters. The first-order chi connectivity index (χ1) is 12.9. The molecule has 0 aliphatic carbocycles. The predicted octanol–water partition coefficient (Wildman–Crippen LogP) is 3.60. The van der Waals surface area contributed by atoms with E-state index in [0.717, 1.165) is 34.4 Å². The van der Waals surface area contributed by atoms with Gasteiger partial charge in [-0.3, -0.25) is 4.79 Å². The summed E-state index contributed by atoms with van der Waals surface area (Å²) in [5.41, 5.74) is 3.86. The zero-order valence-corrected chi connectivity index (χ0v) is 16.1. The highest BCUT2D eigenvalue weighted by molar-refractivity contribution is 5.77. The van der Waals surface area contributed by atoms with Crippen molar-refractivity contribution in [1.82, 2.24) is 5.32 Å². The number of aryl methyl sites for hydroxylation is 2. The van der Waals surface area contributed by atoms with Crippen LogP contribution in [0.2, 0.25) is 0 Å². The van der Waals surface area contributed by atoms with E-state index in [9.17, 15) is 9.18 Å². The number of carbonyl (C=O) groups is 1. The molecular weight excluding hydrogens is 345 g/mol. The third-order valence-electron chi connectivity index (χ3n) is 5.41. The van der Waals surface area contributed by atoms with Gasteiger partial charge >= 0.3 is 0 Å². The number of hydrogen-bond donors (Lipinski definition) is 1. The molecule has 4 nitrogen and oxygen atoms in total. The van der Waals surface area contributed by atoms with Crippen LogP contribution in [0, 0.1) is 26.6 Å². The molecule has 0 spiro atoms. The standard InChI is InChI=1S/C22H26FNO3/c1-15-4-5-16(2)21(17(15)3)27-12-20(25)24-13-22(10-11-26-14-22)18-6-8-19(23)9-7-18/h4-9H,10-14H2,1-3H3,(H,24,25)/t22-/m1/s1. The average Bonchev–Trinajstić information content (AvgIpc) is 3.14. The van der Waals surface area contributed by atoms with Crippen LogP contribution in [0.4, 0.5) is 4.39 Å². The van der Waals surface area contributed by atoms with Gasteiger partial charge < -0.3 is 14.8 Å². The number of amides is 1. The maximum absolute atomic E-state index is 13.3. The number of halogens is 1. The van der Waals surface area contributed by atoms with Crippen molar-refractivity contribution in [3.63, 3.8) is 0 Å². The Labute approximate surface area is 159 Å². The molecule has 0 unspecified atom stereocenters. The third-order valence-corrected chi connectivity index (χ3v) is 5.41. The SMILES string of the molecule is Cc1ccc(C)c(OCC(=O)NC[C@]2(c3ccc(F)cc3)CCOC2)c1C. The monoisotopic (exact) mass is 371 g/mol. The summed E-state index contributed by atoms with van der Waals surface area (Å²) >= 11 is 0. The first-order valence-corrected chi connectivity index (χ1v) is 9.21. The molecule has 0 radical (unpaired) electrons. The fraction of sp³-hybridized carbons (Fsp3) is 0.409. The Bertz CT molecular complexity index is 811. The summed E-state index contributed by atoms with van der Waals surface area (Å²) in [6.07, 6.45) is 0.788. The maximum atomic E-state index is 13.3. The van der Waals surface area contributed by atoms with E-state index in [-0.39, 0.29) is 23.7 Å². The molecule has 2 aromatic rings. The average molecular weight is 371 g/mol. The fourth-order valence-electron chi connectivity index (χ4n) is 3.48. The molecule has 1 fully saturated rings. The Morgan fingerprint density at radius 1 is 1.15 bits per heavy atom. The number of hydrogen-bond acceptors (Lipinski definition) is 3. The highest BCUT2D eigenvalue weighted by atomic mass is 19.1. The van der Waals surface area contributed by atoms with E-state index < -0.39 is 0 Å². The van der Waals surface area contributed by atoms with E-state index in [1.165, 1.54) is 12.1 Å². The van der Waals surface area contributed by atoms with Crippen molar-refractivity contribution in [2.24, 2.45) is 0 Å². The van der Waals surface area contributed by atoms with E-state index >= 15 is 0 Å². The molecule has 5 heteroatoms. The Morgan fingerprint density at radius 3 is 2.52 bits per heavy atom. The predicted molar refractivity (Wildman–Crippen MR) is 103 cm³/mol. The lowest BCUT2D eigenvalue weighted by Crippen LogP contribution is -2.43. The van der Waals surface area contributed by atoms with Gasteiger partial charge in [-0.25, -0.2) is 4.39 Å². The molecule has 1 aliphatic heterocycles. The van der Waals surface area contributed by atoms with Crippen molar-refractivity contribution in [3.8, 4) is 5.75 Å². The minimum Gasteiger partial charge on any atom is -0.483 e. The van der Waals surface area contributed by atoms with Crippen LogP contribution in [-0.2, 0) is 14.9 Å². The van der Waals surface area contributed by atoms with Crippen LogP contribution in [0.15, 0.2) is 36.4 Å². The fourth-order valence-corrected chi connectivity index (χ4v) is 3.48. The number of rotatable bonds is 6. The van der Waals surface area contributed by atoms with Gasteiger partial charge in [-0.2, -0.15) is 0 Å². The molecule has 3 rings (SSSR count). The van der Waals surface area contributed by atoms with Crippen LogP contribution in [0.3, 0.4) is 0 Å². The lowest BCUT2D eigenvalue weighted by molar-refractivity contribution is -0.123. The molecule has 144 valence electrons. The van der Waals surface area contributed by atoms with Crippen LogP contribution in [0.5, 0.6) is 5.75 Å². The van der Waals surface area contributed by atoms with Gasteiger partial charge in [-0.1, -0.05) is 24.3 Å². The van der Waals surface area contributed by atoms with E-state index in [0.29, 0.717) is 19.8 Å². The van der Waals surface area contributed by atoms with Crippen molar-refractivity contribution in [2.45, 2.75) is 32.6 Å². The van der Waals surface area contributed by atoms with Gasteiger partial charge in [0.25, 0.3) is 5.91 Å². The molecule has 0 aromatic heterocycles. The largest absolute Gasteiger partial charge is 0.483 e. The van der Waals surface area contributed by atoms with E-state index in [1.807, 2.05) is 32.9 Å². The summed E-state index contributed by atoms with van der Waals surface area (Å²) < 4.78 is 24.6. The van der Waals surface area contributed by atoms with Crippen LogP contribution in [0.25, 0.3) is 0 Å². The molecule has 1 aliphatic rings. The number of carbonyl (C=O) groups excluding carboxylic acids is 1. The second kappa shape index (κ2) is 8.09. The van der Waals surface area contributed by atoms with Crippen LogP contribution >= 0.6 is 0 Å². The Hall–Kier alpha value is -2.40. The minimum atomic E-state index is -0.321. The zero-order valence-electron chi connectivity index (χ0n) is 16.1. The normalized spacial score (nSPS) is 19.1. The second-order valence-electron chi connectivity index (χ2n) is 7.31. The Morgan fingerprint density at radius 2 is 1.85 bits per heavy atom. The Kier molecular flexibility index (Phi) is 5.80. The molecule has 1 heterocycles. The third kappa shape index (κ3) is 4.30. The second-order valence-corrected chi connectivity index (χ2v) is 7.31. The van der Waals surface area contributed by atoms with Crippen molar-refractivity contribution in [1.29, 1.82) is 0 Å². The van der Waals surface area contributed by atoms with Gasteiger partial charge in [0, 0.05) is 18.6 Å². The summed E-state index contributed by atoms with van der Waals surface area (Å²) in [6, 6.07) is 10.5. The summed E-state index contributed by atoms with van der Waals surface area (Å²) in [7, 11) is 0. The number of benzene rings is 2. The van der Waals surface area contributed by atoms with E-state index in [4.69, 9.17) is 9.47 Å². The lowest BCUT2D eigenvalue weighted by atomic mass is 9.79. The first-order valence-electron chi connectivity index (χ1n) is 9.21. The summed E-state index contributed by atoms with van der Waals surface area (Å²) in [5, 5.41) is 2.96. The summed E-state index contributed by atoms with van der Waals surface area (Å²) in [5.74, 6) is 0.320. The van der Waals surface area contributed by atoms with Gasteiger partial charge in [0.1, 0.15) is 11.6 Å². The van der Waals surface area contributed by atoms with Gasteiger partial charge in [0.2, 0.25) is 0 Å². The smallest absolute Gasteiger partial charge is 0.257 e. The quantitative estimate of drug-likeness (QED) is 0.844. The van der Waals surface area contributed by atoms with Crippen LogP contribution in [0.1, 0.15) is 28.7 Å². The molecule has 2 aromatic carbocycles. The van der Waals surface area contributed by atoms with Gasteiger partial charge in [0.05, 0.1) is 6.61 Å². The molecule has 0 saturated carbocycles. The van der Waals surface area contributed by atoms with Crippen molar-refractivity contribution < 1.29 is 18.7 Å². The molecule has 1 N–H and O–H groups in total. The molecular formula is C22H26FNO3.